The molecule has 0 bridgehead atoms. The fourth-order valence-electron chi connectivity index (χ4n) is 2.19. The van der Waals surface area contributed by atoms with Gasteiger partial charge in [-0.1, -0.05) is 17.7 Å². The molecule has 25 heavy (non-hydrogen) atoms. The first-order chi connectivity index (χ1) is 12.1. The van der Waals surface area contributed by atoms with Crippen molar-refractivity contribution in [3.05, 3.63) is 54.0 Å². The van der Waals surface area contributed by atoms with E-state index in [2.05, 4.69) is 5.32 Å². The van der Waals surface area contributed by atoms with E-state index >= 15 is 0 Å². The van der Waals surface area contributed by atoms with Crippen LogP contribution in [0.3, 0.4) is 0 Å². The van der Waals surface area contributed by atoms with Gasteiger partial charge in [0.2, 0.25) is 5.91 Å². The summed E-state index contributed by atoms with van der Waals surface area (Å²) >= 11 is 0. The van der Waals surface area contributed by atoms with Crippen LogP contribution in [0.2, 0.25) is 0 Å². The largest absolute Gasteiger partial charge is 0.492 e. The van der Waals surface area contributed by atoms with Gasteiger partial charge >= 0.3 is 0 Å². The zero-order valence-electron chi connectivity index (χ0n) is 14.7. The number of nitrogens with zero attached hydrogens (tertiary/aromatic N) is 1. The number of hydrogen-bond acceptors (Lipinski definition) is 4. The predicted octanol–water partition coefficient (Wildman–Crippen LogP) is 2.64. The zero-order valence-corrected chi connectivity index (χ0v) is 14.7. The molecule has 0 atom stereocenters. The van der Waals surface area contributed by atoms with Crippen LogP contribution in [0.1, 0.15) is 29.0 Å². The lowest BCUT2D eigenvalue weighted by Crippen LogP contribution is -2.31. The summed E-state index contributed by atoms with van der Waals surface area (Å²) in [6, 6.07) is 11.1. The van der Waals surface area contributed by atoms with E-state index in [1.807, 2.05) is 31.2 Å². The van der Waals surface area contributed by atoms with Gasteiger partial charge in [0.1, 0.15) is 12.4 Å². The molecule has 0 aliphatic heterocycles. The Balaban J connectivity index is 1.58. The van der Waals surface area contributed by atoms with Gasteiger partial charge in [-0.25, -0.2) is 0 Å². The third kappa shape index (κ3) is 6.33. The van der Waals surface area contributed by atoms with Crippen LogP contribution in [0.5, 0.6) is 5.75 Å². The second-order valence-corrected chi connectivity index (χ2v) is 5.81. The maximum atomic E-state index is 12.0. The minimum Gasteiger partial charge on any atom is -0.492 e. The molecule has 1 aromatic carbocycles. The zero-order chi connectivity index (χ0) is 18.1. The van der Waals surface area contributed by atoms with E-state index in [4.69, 9.17) is 9.15 Å². The Labute approximate surface area is 147 Å². The lowest BCUT2D eigenvalue weighted by molar-refractivity contribution is -0.130. The maximum Gasteiger partial charge on any atom is 0.286 e. The molecule has 0 unspecified atom stereocenters. The molecule has 1 heterocycles. The molecule has 0 spiro atoms. The Morgan fingerprint density at radius 1 is 1.20 bits per heavy atom. The highest BCUT2D eigenvalue weighted by molar-refractivity contribution is 5.91. The summed E-state index contributed by atoms with van der Waals surface area (Å²) in [6.07, 6.45) is 2.40. The summed E-state index contributed by atoms with van der Waals surface area (Å²) in [5, 5.41) is 2.72. The molecule has 0 radical (unpaired) electrons. The number of likely N-dealkylation sites (N-methyl/N-ethyl adjacent to an activating group) is 1. The lowest BCUT2D eigenvalue weighted by atomic mass is 10.2. The van der Waals surface area contributed by atoms with Crippen LogP contribution in [-0.4, -0.2) is 43.5 Å². The van der Waals surface area contributed by atoms with Crippen molar-refractivity contribution in [1.82, 2.24) is 10.2 Å². The number of hydrogen-bond donors (Lipinski definition) is 1. The van der Waals surface area contributed by atoms with E-state index in [1.54, 1.807) is 24.1 Å². The second kappa shape index (κ2) is 9.52. The Morgan fingerprint density at radius 2 is 1.96 bits per heavy atom. The quantitative estimate of drug-likeness (QED) is 0.710. The average Bonchev–Trinajstić information content (AvgIpc) is 3.14. The van der Waals surface area contributed by atoms with Crippen LogP contribution in [0.25, 0.3) is 0 Å². The molecule has 0 aliphatic rings. The summed E-state index contributed by atoms with van der Waals surface area (Å²) < 4.78 is 10.6. The summed E-state index contributed by atoms with van der Waals surface area (Å²) in [5.41, 5.74) is 1.18. The molecule has 134 valence electrons. The summed E-state index contributed by atoms with van der Waals surface area (Å²) in [6.45, 7) is 3.41. The van der Waals surface area contributed by atoms with E-state index in [9.17, 15) is 9.59 Å². The van der Waals surface area contributed by atoms with Crippen molar-refractivity contribution in [1.29, 1.82) is 0 Å². The smallest absolute Gasteiger partial charge is 0.286 e. The number of furan rings is 1. The first-order valence-corrected chi connectivity index (χ1v) is 8.31. The molecule has 1 N–H and O–H groups in total. The van der Waals surface area contributed by atoms with E-state index in [0.717, 1.165) is 5.75 Å². The standard InChI is InChI=1S/C19H24N2O4/c1-15-7-9-16(10-8-15)24-14-12-21(2)18(22)6-3-11-20-19(23)17-5-4-13-25-17/h4-5,7-10,13H,3,6,11-12,14H2,1-2H3,(H,20,23). The number of aryl methyl sites for hydroxylation is 1. The normalized spacial score (nSPS) is 10.3. The van der Waals surface area contributed by atoms with Crippen molar-refractivity contribution in [2.45, 2.75) is 19.8 Å². The van der Waals surface area contributed by atoms with Crippen LogP contribution in [0.4, 0.5) is 0 Å². The number of benzene rings is 1. The number of amides is 2. The predicted molar refractivity (Wildman–Crippen MR) is 94.6 cm³/mol. The molecule has 0 aliphatic carbocycles. The Hall–Kier alpha value is -2.76. The van der Waals surface area contributed by atoms with Gasteiger partial charge in [-0.15, -0.1) is 0 Å². The van der Waals surface area contributed by atoms with Gasteiger partial charge < -0.3 is 19.4 Å². The maximum absolute atomic E-state index is 12.0. The molecule has 0 saturated heterocycles. The Kier molecular flexibility index (Phi) is 7.07. The van der Waals surface area contributed by atoms with Gasteiger partial charge in [0.25, 0.3) is 5.91 Å². The SMILES string of the molecule is Cc1ccc(OCCN(C)C(=O)CCCNC(=O)c2ccco2)cc1. The molecule has 2 amide bonds. The van der Waals surface area contributed by atoms with E-state index in [-0.39, 0.29) is 17.6 Å². The Bertz CT molecular complexity index is 665. The third-order valence-corrected chi connectivity index (χ3v) is 3.74. The van der Waals surface area contributed by atoms with Crippen LogP contribution in [0.15, 0.2) is 47.1 Å². The van der Waals surface area contributed by atoms with Gasteiger partial charge in [0.05, 0.1) is 12.8 Å². The van der Waals surface area contributed by atoms with Crippen LogP contribution in [0, 0.1) is 6.92 Å². The number of nitrogens with one attached hydrogen (secondary N) is 1. The van der Waals surface area contributed by atoms with Gasteiger partial charge in [0.15, 0.2) is 5.76 Å². The van der Waals surface area contributed by atoms with Crippen molar-refractivity contribution >= 4 is 11.8 Å². The van der Waals surface area contributed by atoms with E-state index in [1.165, 1.54) is 11.8 Å². The highest BCUT2D eigenvalue weighted by Crippen LogP contribution is 2.11. The minimum atomic E-state index is -0.266. The van der Waals surface area contributed by atoms with Crippen molar-refractivity contribution < 1.29 is 18.7 Å². The third-order valence-electron chi connectivity index (χ3n) is 3.74. The van der Waals surface area contributed by atoms with Crippen molar-refractivity contribution in [2.75, 3.05) is 26.7 Å². The highest BCUT2D eigenvalue weighted by Gasteiger charge is 2.10. The van der Waals surface area contributed by atoms with Crippen molar-refractivity contribution in [3.63, 3.8) is 0 Å². The first-order valence-electron chi connectivity index (χ1n) is 8.31. The summed E-state index contributed by atoms with van der Waals surface area (Å²) in [5.74, 6) is 0.834. The molecule has 0 fully saturated rings. The summed E-state index contributed by atoms with van der Waals surface area (Å²) in [4.78, 5) is 25.3. The molecule has 2 rings (SSSR count). The van der Waals surface area contributed by atoms with Gasteiger partial charge in [-0.05, 0) is 37.6 Å². The molecule has 2 aromatic rings. The first kappa shape index (κ1) is 18.6. The summed E-state index contributed by atoms with van der Waals surface area (Å²) in [7, 11) is 1.75. The number of carbonyl (C=O) groups is 2. The molecule has 6 heteroatoms. The van der Waals surface area contributed by atoms with Gasteiger partial charge in [-0.2, -0.15) is 0 Å². The average molecular weight is 344 g/mol. The van der Waals surface area contributed by atoms with Crippen LogP contribution in [-0.2, 0) is 4.79 Å². The van der Waals surface area contributed by atoms with Gasteiger partial charge in [0, 0.05) is 20.0 Å². The van der Waals surface area contributed by atoms with E-state index in [0.29, 0.717) is 32.5 Å². The second-order valence-electron chi connectivity index (χ2n) is 5.81. The fourth-order valence-corrected chi connectivity index (χ4v) is 2.19. The van der Waals surface area contributed by atoms with Crippen molar-refractivity contribution in [2.24, 2.45) is 0 Å². The Morgan fingerprint density at radius 3 is 2.64 bits per heavy atom. The van der Waals surface area contributed by atoms with E-state index < -0.39 is 0 Å². The van der Waals surface area contributed by atoms with Crippen LogP contribution >= 0.6 is 0 Å². The molecule has 0 saturated carbocycles. The lowest BCUT2D eigenvalue weighted by Gasteiger charge is -2.17. The highest BCUT2D eigenvalue weighted by atomic mass is 16.5. The topological polar surface area (TPSA) is 71.8 Å². The minimum absolute atomic E-state index is 0.0275. The van der Waals surface area contributed by atoms with Gasteiger partial charge in [-0.3, -0.25) is 9.59 Å². The van der Waals surface area contributed by atoms with Crippen molar-refractivity contribution in [3.8, 4) is 5.75 Å². The molecular weight excluding hydrogens is 320 g/mol. The number of rotatable bonds is 9. The molecule has 1 aromatic heterocycles. The van der Waals surface area contributed by atoms with Crippen LogP contribution < -0.4 is 10.1 Å². The number of carbonyl (C=O) groups excluding carboxylic acids is 2. The monoisotopic (exact) mass is 344 g/mol. The number of ether oxygens (including phenoxy) is 1. The molecule has 6 nitrogen and oxygen atoms in total. The molecular formula is C19H24N2O4. The fraction of sp³-hybridized carbons (Fsp3) is 0.368.